The van der Waals surface area contributed by atoms with Crippen molar-refractivity contribution < 1.29 is 9.53 Å². The zero-order valence-electron chi connectivity index (χ0n) is 14.6. The van der Waals surface area contributed by atoms with Crippen molar-refractivity contribution in [2.24, 2.45) is 0 Å². The molecule has 0 radical (unpaired) electrons. The zero-order valence-corrected chi connectivity index (χ0v) is 14.6. The van der Waals surface area contributed by atoms with Crippen molar-refractivity contribution in [3.05, 3.63) is 53.6 Å². The second kappa shape index (κ2) is 7.45. The predicted molar refractivity (Wildman–Crippen MR) is 96.4 cm³/mol. The van der Waals surface area contributed by atoms with E-state index in [2.05, 4.69) is 45.9 Å². The maximum Gasteiger partial charge on any atom is 0.150 e. The third-order valence-corrected chi connectivity index (χ3v) is 3.96. The van der Waals surface area contributed by atoms with Gasteiger partial charge >= 0.3 is 0 Å². The summed E-state index contributed by atoms with van der Waals surface area (Å²) < 4.78 is 5.99. The van der Waals surface area contributed by atoms with E-state index < -0.39 is 0 Å². The molecule has 0 aliphatic heterocycles. The van der Waals surface area contributed by atoms with Gasteiger partial charge in [0.05, 0.1) is 6.61 Å². The number of ether oxygens (including phenoxy) is 1. The number of aldehydes is 1. The Labute approximate surface area is 139 Å². The van der Waals surface area contributed by atoms with E-state index in [1.807, 2.05) is 24.3 Å². The fourth-order valence-corrected chi connectivity index (χ4v) is 2.42. The molecule has 0 saturated carbocycles. The summed E-state index contributed by atoms with van der Waals surface area (Å²) in [5.41, 5.74) is 4.21. The van der Waals surface area contributed by atoms with Gasteiger partial charge in [0.25, 0.3) is 0 Å². The van der Waals surface area contributed by atoms with Crippen molar-refractivity contribution in [3.8, 4) is 16.9 Å². The van der Waals surface area contributed by atoms with Gasteiger partial charge in [-0.3, -0.25) is 4.79 Å². The van der Waals surface area contributed by atoms with Gasteiger partial charge in [0.2, 0.25) is 0 Å². The van der Waals surface area contributed by atoms with Crippen LogP contribution in [-0.2, 0) is 5.41 Å². The summed E-state index contributed by atoms with van der Waals surface area (Å²) in [5, 5.41) is 0. The van der Waals surface area contributed by atoms with E-state index in [1.165, 1.54) is 5.56 Å². The van der Waals surface area contributed by atoms with Crippen LogP contribution in [0.2, 0.25) is 0 Å². The van der Waals surface area contributed by atoms with Gasteiger partial charge in [-0.2, -0.15) is 0 Å². The fraction of sp³-hybridized carbons (Fsp3) is 0.381. The van der Waals surface area contributed by atoms with Gasteiger partial charge in [0.1, 0.15) is 12.0 Å². The van der Waals surface area contributed by atoms with Crippen molar-refractivity contribution in [2.75, 3.05) is 6.61 Å². The van der Waals surface area contributed by atoms with E-state index in [-0.39, 0.29) is 5.41 Å². The molecule has 23 heavy (non-hydrogen) atoms. The first-order valence-electron chi connectivity index (χ1n) is 8.28. The third-order valence-electron chi connectivity index (χ3n) is 3.96. The lowest BCUT2D eigenvalue weighted by Gasteiger charge is -2.21. The molecule has 2 heteroatoms. The molecule has 0 amide bonds. The predicted octanol–water partition coefficient (Wildman–Crippen LogP) is 5.64. The van der Waals surface area contributed by atoms with E-state index in [4.69, 9.17) is 4.74 Å². The van der Waals surface area contributed by atoms with Gasteiger partial charge < -0.3 is 4.74 Å². The fourth-order valence-electron chi connectivity index (χ4n) is 2.42. The first kappa shape index (κ1) is 17.3. The maximum atomic E-state index is 10.9. The molecule has 122 valence electrons. The highest BCUT2D eigenvalue weighted by Gasteiger charge is 2.17. The molecule has 0 spiro atoms. The molecule has 2 rings (SSSR count). The second-order valence-electron chi connectivity index (χ2n) is 6.90. The van der Waals surface area contributed by atoms with Crippen LogP contribution < -0.4 is 4.74 Å². The minimum absolute atomic E-state index is 0.0828. The third kappa shape index (κ3) is 4.44. The summed E-state index contributed by atoms with van der Waals surface area (Å²) in [6.45, 7) is 9.51. The van der Waals surface area contributed by atoms with Crippen LogP contribution >= 0.6 is 0 Å². The Morgan fingerprint density at radius 2 is 1.74 bits per heavy atom. The standard InChI is InChI=1S/C21H26O2/c1-5-6-13-23-20-12-11-18(21(2,3)4)14-19(20)17-9-7-16(15-22)8-10-17/h7-12,14-15H,5-6,13H2,1-4H3. The van der Waals surface area contributed by atoms with Crippen LogP contribution in [0.25, 0.3) is 11.1 Å². The molecule has 0 atom stereocenters. The normalized spacial score (nSPS) is 11.3. The highest BCUT2D eigenvalue weighted by atomic mass is 16.5. The Balaban J connectivity index is 2.43. The SMILES string of the molecule is CCCCOc1ccc(C(C)(C)C)cc1-c1ccc(C=O)cc1. The van der Waals surface area contributed by atoms with Crippen LogP contribution in [0, 0.1) is 0 Å². The van der Waals surface area contributed by atoms with Gasteiger partial charge in [0, 0.05) is 11.1 Å². The number of carbonyl (C=O) groups is 1. The number of hydrogen-bond donors (Lipinski definition) is 0. The topological polar surface area (TPSA) is 26.3 Å². The lowest BCUT2D eigenvalue weighted by atomic mass is 9.85. The molecule has 0 N–H and O–H groups in total. The number of carbonyl (C=O) groups excluding carboxylic acids is 1. The number of rotatable bonds is 6. The molecule has 0 bridgehead atoms. The average Bonchev–Trinajstić information content (AvgIpc) is 2.54. The molecule has 0 saturated heterocycles. The number of unbranched alkanes of at least 4 members (excludes halogenated alkanes) is 1. The molecular weight excluding hydrogens is 284 g/mol. The summed E-state index contributed by atoms with van der Waals surface area (Å²) in [5.74, 6) is 0.908. The van der Waals surface area contributed by atoms with Crippen LogP contribution in [0.15, 0.2) is 42.5 Å². The lowest BCUT2D eigenvalue weighted by molar-refractivity contribution is 0.112. The Hall–Kier alpha value is -2.09. The summed E-state index contributed by atoms with van der Waals surface area (Å²) in [6, 6.07) is 14.1. The molecule has 0 fully saturated rings. The van der Waals surface area contributed by atoms with Gasteiger partial charge in [-0.1, -0.05) is 64.4 Å². The van der Waals surface area contributed by atoms with E-state index in [0.717, 1.165) is 42.6 Å². The summed E-state index contributed by atoms with van der Waals surface area (Å²) >= 11 is 0. The number of benzene rings is 2. The zero-order chi connectivity index (χ0) is 16.9. The molecule has 0 unspecified atom stereocenters. The Kier molecular flexibility index (Phi) is 5.59. The largest absolute Gasteiger partial charge is 0.493 e. The van der Waals surface area contributed by atoms with E-state index in [1.54, 1.807) is 0 Å². The highest BCUT2D eigenvalue weighted by Crippen LogP contribution is 2.35. The number of hydrogen-bond acceptors (Lipinski definition) is 2. The van der Waals surface area contributed by atoms with Crippen LogP contribution in [0.4, 0.5) is 0 Å². The summed E-state index contributed by atoms with van der Waals surface area (Å²) in [6.07, 6.45) is 3.03. The van der Waals surface area contributed by atoms with Crippen molar-refractivity contribution in [1.82, 2.24) is 0 Å². The first-order chi connectivity index (χ1) is 11.0. The van der Waals surface area contributed by atoms with Crippen LogP contribution in [-0.4, -0.2) is 12.9 Å². The van der Waals surface area contributed by atoms with E-state index >= 15 is 0 Å². The van der Waals surface area contributed by atoms with Crippen molar-refractivity contribution in [2.45, 2.75) is 46.0 Å². The van der Waals surface area contributed by atoms with E-state index in [0.29, 0.717) is 5.56 Å². The smallest absolute Gasteiger partial charge is 0.150 e. The lowest BCUT2D eigenvalue weighted by Crippen LogP contribution is -2.11. The van der Waals surface area contributed by atoms with Crippen molar-refractivity contribution in [1.29, 1.82) is 0 Å². The molecular formula is C21H26O2. The molecule has 2 nitrogen and oxygen atoms in total. The average molecular weight is 310 g/mol. The van der Waals surface area contributed by atoms with Crippen molar-refractivity contribution in [3.63, 3.8) is 0 Å². The van der Waals surface area contributed by atoms with E-state index in [9.17, 15) is 4.79 Å². The molecule has 0 aliphatic rings. The molecule has 2 aromatic carbocycles. The van der Waals surface area contributed by atoms with Gasteiger partial charge in [-0.25, -0.2) is 0 Å². The quantitative estimate of drug-likeness (QED) is 0.509. The summed E-state index contributed by atoms with van der Waals surface area (Å²) in [4.78, 5) is 10.9. The van der Waals surface area contributed by atoms with Crippen molar-refractivity contribution >= 4 is 6.29 Å². The minimum atomic E-state index is 0.0828. The summed E-state index contributed by atoms with van der Waals surface area (Å²) in [7, 11) is 0. The monoisotopic (exact) mass is 310 g/mol. The van der Waals surface area contributed by atoms with Crippen LogP contribution in [0.1, 0.15) is 56.5 Å². The molecule has 0 aliphatic carbocycles. The minimum Gasteiger partial charge on any atom is -0.493 e. The molecule has 0 heterocycles. The Morgan fingerprint density at radius 1 is 1.04 bits per heavy atom. The maximum absolute atomic E-state index is 10.9. The van der Waals surface area contributed by atoms with Gasteiger partial charge in [-0.05, 0) is 35.1 Å². The highest BCUT2D eigenvalue weighted by molar-refractivity contribution is 5.78. The molecule has 0 aromatic heterocycles. The second-order valence-corrected chi connectivity index (χ2v) is 6.90. The first-order valence-corrected chi connectivity index (χ1v) is 8.28. The van der Waals surface area contributed by atoms with Gasteiger partial charge in [0.15, 0.2) is 0 Å². The van der Waals surface area contributed by atoms with Crippen LogP contribution in [0.5, 0.6) is 5.75 Å². The Bertz CT molecular complexity index is 649. The molecule has 2 aromatic rings. The van der Waals surface area contributed by atoms with Gasteiger partial charge in [-0.15, -0.1) is 0 Å². The van der Waals surface area contributed by atoms with Crippen LogP contribution in [0.3, 0.4) is 0 Å². The Morgan fingerprint density at radius 3 is 2.30 bits per heavy atom.